The number of hydrogen-bond donors (Lipinski definition) is 0. The average molecular weight is 254 g/mol. The molecule has 1 aromatic heterocycles. The molecule has 0 N–H and O–H groups in total. The maximum Gasteiger partial charge on any atom is 0.168 e. The van der Waals surface area contributed by atoms with Gasteiger partial charge in [-0.15, -0.1) is 0 Å². The molecule has 98 valence electrons. The molecule has 0 aliphatic rings. The second kappa shape index (κ2) is 5.31. The number of Topliss-reactive ketones (excluding diaryl/α,β-unsaturated/α-hetero) is 1. The number of carbonyl (C=O) groups excluding carboxylic acids is 1. The van der Waals surface area contributed by atoms with Crippen LogP contribution in [0.25, 0.3) is 0 Å². The molecule has 0 bridgehead atoms. The minimum absolute atomic E-state index is 0.0826. The second-order valence-electron chi connectivity index (χ2n) is 5.63. The van der Waals surface area contributed by atoms with Gasteiger partial charge in [-0.2, -0.15) is 0 Å². The van der Waals surface area contributed by atoms with Gasteiger partial charge in [-0.3, -0.25) is 4.79 Å². The Morgan fingerprint density at radius 3 is 2.32 bits per heavy atom. The molecule has 0 fully saturated rings. The Balaban J connectivity index is 2.12. The summed E-state index contributed by atoms with van der Waals surface area (Å²) in [6.45, 7) is 6.47. The molecule has 0 amide bonds. The Bertz CT molecular complexity index is 554. The highest BCUT2D eigenvalue weighted by atomic mass is 16.1. The number of benzene rings is 1. The van der Waals surface area contributed by atoms with Crippen LogP contribution in [0.15, 0.2) is 42.9 Å². The number of rotatable bonds is 3. The van der Waals surface area contributed by atoms with E-state index >= 15 is 0 Å². The predicted molar refractivity (Wildman–Crippen MR) is 75.2 cm³/mol. The van der Waals surface area contributed by atoms with E-state index < -0.39 is 0 Å². The highest BCUT2D eigenvalue weighted by molar-refractivity contribution is 5.97. The van der Waals surface area contributed by atoms with Crippen LogP contribution in [0.3, 0.4) is 0 Å². The fourth-order valence-corrected chi connectivity index (χ4v) is 1.85. The summed E-state index contributed by atoms with van der Waals surface area (Å²) in [4.78, 5) is 20.0. The van der Waals surface area contributed by atoms with Gasteiger partial charge in [0.15, 0.2) is 5.78 Å². The lowest BCUT2D eigenvalue weighted by Gasteiger charge is -2.18. The Kier molecular flexibility index (Phi) is 3.74. The summed E-state index contributed by atoms with van der Waals surface area (Å²) < 4.78 is 0. The number of aromatic nitrogens is 2. The van der Waals surface area contributed by atoms with Crippen LogP contribution in [0.4, 0.5) is 0 Å². The van der Waals surface area contributed by atoms with E-state index in [1.54, 1.807) is 12.3 Å². The summed E-state index contributed by atoms with van der Waals surface area (Å²) in [6.07, 6.45) is 3.43. The molecule has 0 saturated heterocycles. The van der Waals surface area contributed by atoms with Gasteiger partial charge in [0.05, 0.1) is 12.1 Å². The van der Waals surface area contributed by atoms with Gasteiger partial charge in [0.1, 0.15) is 6.33 Å². The third-order valence-electron chi connectivity index (χ3n) is 3.06. The predicted octanol–water partition coefficient (Wildman–Crippen LogP) is 3.20. The fraction of sp³-hybridized carbons (Fsp3) is 0.312. The molecule has 1 aromatic carbocycles. The van der Waals surface area contributed by atoms with Crippen molar-refractivity contribution in [3.63, 3.8) is 0 Å². The summed E-state index contributed by atoms with van der Waals surface area (Å²) >= 11 is 0. The second-order valence-corrected chi connectivity index (χ2v) is 5.63. The normalized spacial score (nSPS) is 11.3. The Morgan fingerprint density at radius 2 is 1.79 bits per heavy atom. The van der Waals surface area contributed by atoms with E-state index in [1.807, 2.05) is 24.3 Å². The molecule has 0 aliphatic heterocycles. The number of carbonyl (C=O) groups is 1. The van der Waals surface area contributed by atoms with Crippen molar-refractivity contribution in [3.05, 3.63) is 59.7 Å². The van der Waals surface area contributed by atoms with Crippen molar-refractivity contribution in [3.8, 4) is 0 Å². The lowest BCUT2D eigenvalue weighted by Crippen LogP contribution is -2.11. The maximum absolute atomic E-state index is 12.1. The van der Waals surface area contributed by atoms with E-state index in [9.17, 15) is 4.79 Å². The van der Waals surface area contributed by atoms with Crippen LogP contribution >= 0.6 is 0 Å². The van der Waals surface area contributed by atoms with E-state index in [4.69, 9.17) is 0 Å². The molecule has 0 atom stereocenters. The van der Waals surface area contributed by atoms with Crippen LogP contribution in [-0.2, 0) is 11.8 Å². The largest absolute Gasteiger partial charge is 0.294 e. The van der Waals surface area contributed by atoms with Crippen molar-refractivity contribution in [2.45, 2.75) is 32.6 Å². The van der Waals surface area contributed by atoms with Gasteiger partial charge in [0.2, 0.25) is 0 Å². The van der Waals surface area contributed by atoms with Gasteiger partial charge in [0, 0.05) is 11.8 Å². The maximum atomic E-state index is 12.1. The topological polar surface area (TPSA) is 42.9 Å². The van der Waals surface area contributed by atoms with Crippen LogP contribution in [0, 0.1) is 0 Å². The molecule has 0 spiro atoms. The first-order chi connectivity index (χ1) is 8.97. The van der Waals surface area contributed by atoms with Crippen LogP contribution in [0.1, 0.15) is 42.4 Å². The number of nitrogens with zero attached hydrogens (tertiary/aromatic N) is 2. The lowest BCUT2D eigenvalue weighted by atomic mass is 9.86. The Labute approximate surface area is 113 Å². The third kappa shape index (κ3) is 3.47. The van der Waals surface area contributed by atoms with Gasteiger partial charge in [-0.05, 0) is 17.0 Å². The molecule has 3 heteroatoms. The standard InChI is InChI=1S/C16H18N2O/c1-16(2,3)13-6-4-12(5-7-13)15(19)10-14-8-9-17-11-18-14/h4-9,11H,10H2,1-3H3. The smallest absolute Gasteiger partial charge is 0.168 e. The van der Waals surface area contributed by atoms with Gasteiger partial charge in [-0.1, -0.05) is 45.0 Å². The van der Waals surface area contributed by atoms with Crippen molar-refractivity contribution in [1.29, 1.82) is 0 Å². The molecule has 2 rings (SSSR count). The molecule has 0 unspecified atom stereocenters. The monoisotopic (exact) mass is 254 g/mol. The third-order valence-corrected chi connectivity index (χ3v) is 3.06. The zero-order valence-corrected chi connectivity index (χ0v) is 11.6. The van der Waals surface area contributed by atoms with E-state index in [1.165, 1.54) is 11.9 Å². The first-order valence-corrected chi connectivity index (χ1v) is 6.35. The van der Waals surface area contributed by atoms with Crippen molar-refractivity contribution in [1.82, 2.24) is 9.97 Å². The van der Waals surface area contributed by atoms with E-state index in [-0.39, 0.29) is 11.2 Å². The first kappa shape index (κ1) is 13.4. The minimum Gasteiger partial charge on any atom is -0.294 e. The fourth-order valence-electron chi connectivity index (χ4n) is 1.85. The molecular weight excluding hydrogens is 236 g/mol. The van der Waals surface area contributed by atoms with Crippen molar-refractivity contribution < 1.29 is 4.79 Å². The van der Waals surface area contributed by atoms with E-state index in [0.29, 0.717) is 6.42 Å². The zero-order valence-electron chi connectivity index (χ0n) is 11.6. The molecule has 1 heterocycles. The molecule has 3 nitrogen and oxygen atoms in total. The molecule has 0 saturated carbocycles. The summed E-state index contributed by atoms with van der Waals surface area (Å²) in [5.41, 5.74) is 2.81. The van der Waals surface area contributed by atoms with Gasteiger partial charge in [-0.25, -0.2) is 9.97 Å². The average Bonchev–Trinajstić information content (AvgIpc) is 2.39. The molecule has 0 aliphatic carbocycles. The summed E-state index contributed by atoms with van der Waals surface area (Å²) in [7, 11) is 0. The SMILES string of the molecule is CC(C)(C)c1ccc(C(=O)Cc2ccncn2)cc1. The van der Waals surface area contributed by atoms with Crippen LogP contribution in [0.5, 0.6) is 0 Å². The van der Waals surface area contributed by atoms with E-state index in [0.717, 1.165) is 11.3 Å². The van der Waals surface area contributed by atoms with Crippen LogP contribution in [-0.4, -0.2) is 15.8 Å². The molecule has 19 heavy (non-hydrogen) atoms. The Morgan fingerprint density at radius 1 is 1.11 bits per heavy atom. The quantitative estimate of drug-likeness (QED) is 0.790. The highest BCUT2D eigenvalue weighted by Crippen LogP contribution is 2.22. The zero-order chi connectivity index (χ0) is 13.9. The Hall–Kier alpha value is -2.03. The molecule has 2 aromatic rings. The summed E-state index contributed by atoms with van der Waals surface area (Å²) in [6, 6.07) is 9.59. The van der Waals surface area contributed by atoms with Crippen molar-refractivity contribution >= 4 is 5.78 Å². The van der Waals surface area contributed by atoms with E-state index in [2.05, 4.69) is 30.7 Å². The van der Waals surface area contributed by atoms with Crippen LogP contribution < -0.4 is 0 Å². The number of ketones is 1. The number of hydrogen-bond acceptors (Lipinski definition) is 3. The summed E-state index contributed by atoms with van der Waals surface area (Å²) in [5.74, 6) is 0.0826. The van der Waals surface area contributed by atoms with Crippen molar-refractivity contribution in [2.75, 3.05) is 0 Å². The summed E-state index contributed by atoms with van der Waals surface area (Å²) in [5, 5.41) is 0. The molecular formula is C16H18N2O. The van der Waals surface area contributed by atoms with Gasteiger partial charge < -0.3 is 0 Å². The van der Waals surface area contributed by atoms with Crippen molar-refractivity contribution in [2.24, 2.45) is 0 Å². The van der Waals surface area contributed by atoms with Gasteiger partial charge in [0.25, 0.3) is 0 Å². The first-order valence-electron chi connectivity index (χ1n) is 6.35. The minimum atomic E-state index is 0.0826. The lowest BCUT2D eigenvalue weighted by molar-refractivity contribution is 0.0992. The van der Waals surface area contributed by atoms with Gasteiger partial charge >= 0.3 is 0 Å². The van der Waals surface area contributed by atoms with Crippen LogP contribution in [0.2, 0.25) is 0 Å². The molecule has 0 radical (unpaired) electrons. The highest BCUT2D eigenvalue weighted by Gasteiger charge is 2.14.